The van der Waals surface area contributed by atoms with Crippen LogP contribution in [0.1, 0.15) is 37.4 Å². The lowest BCUT2D eigenvalue weighted by atomic mass is 10.3. The molecule has 2 N–H and O–H groups in total. The molecule has 0 aromatic carbocycles. The lowest BCUT2D eigenvalue weighted by Crippen LogP contribution is -2.45. The summed E-state index contributed by atoms with van der Waals surface area (Å²) in [4.78, 5) is 9.52. The molecule has 21 heavy (non-hydrogen) atoms. The molecule has 1 rings (SSSR count). The normalized spacial score (nSPS) is 13.5. The van der Waals surface area contributed by atoms with Crippen molar-refractivity contribution >= 4 is 17.3 Å². The van der Waals surface area contributed by atoms with E-state index in [-0.39, 0.29) is 0 Å². The van der Waals surface area contributed by atoms with Crippen molar-refractivity contribution in [3.63, 3.8) is 0 Å². The number of thiophene rings is 1. The zero-order valence-corrected chi connectivity index (χ0v) is 14.9. The summed E-state index contributed by atoms with van der Waals surface area (Å²) in [5, 5.41) is 6.80. The van der Waals surface area contributed by atoms with Crippen molar-refractivity contribution in [2.24, 2.45) is 4.99 Å². The van der Waals surface area contributed by atoms with Gasteiger partial charge in [-0.05, 0) is 38.6 Å². The first-order valence-electron chi connectivity index (χ1n) is 7.90. The van der Waals surface area contributed by atoms with Crippen molar-refractivity contribution in [1.82, 2.24) is 15.5 Å². The van der Waals surface area contributed by atoms with Gasteiger partial charge in [-0.15, -0.1) is 11.3 Å². The van der Waals surface area contributed by atoms with E-state index in [4.69, 9.17) is 0 Å². The van der Waals surface area contributed by atoms with Gasteiger partial charge in [-0.25, -0.2) is 0 Å². The second-order valence-corrected chi connectivity index (χ2v) is 6.35. The van der Waals surface area contributed by atoms with Crippen molar-refractivity contribution in [2.75, 3.05) is 26.7 Å². The standard InChI is InChI=1S/C16H30N4S/c1-6-14-9-10-15(21-14)12-19-16(17-5)18-11-13(4)20(7-2)8-3/h9-10,13H,6-8,11-12H2,1-5H3,(H2,17,18,19). The summed E-state index contributed by atoms with van der Waals surface area (Å²) in [7, 11) is 1.82. The average molecular weight is 311 g/mol. The van der Waals surface area contributed by atoms with Crippen molar-refractivity contribution in [1.29, 1.82) is 0 Å². The molecule has 0 aliphatic heterocycles. The molecular formula is C16H30N4S. The number of hydrogen-bond acceptors (Lipinski definition) is 3. The van der Waals surface area contributed by atoms with Crippen LogP contribution in [0.2, 0.25) is 0 Å². The molecule has 1 aromatic rings. The maximum absolute atomic E-state index is 4.29. The van der Waals surface area contributed by atoms with Gasteiger partial charge in [0.15, 0.2) is 5.96 Å². The molecule has 0 saturated carbocycles. The topological polar surface area (TPSA) is 39.7 Å². The van der Waals surface area contributed by atoms with Crippen LogP contribution in [0.5, 0.6) is 0 Å². The second-order valence-electron chi connectivity index (χ2n) is 5.10. The Morgan fingerprint density at radius 2 is 1.86 bits per heavy atom. The highest BCUT2D eigenvalue weighted by molar-refractivity contribution is 7.11. The Kier molecular flexibility index (Phi) is 8.38. The average Bonchev–Trinajstić information content (AvgIpc) is 2.96. The second kappa shape index (κ2) is 9.79. The number of aryl methyl sites for hydroxylation is 1. The SMILES string of the molecule is CCc1ccc(CNC(=NC)NCC(C)N(CC)CC)s1. The molecule has 0 aliphatic carbocycles. The van der Waals surface area contributed by atoms with Crippen LogP contribution >= 0.6 is 11.3 Å². The molecule has 0 fully saturated rings. The molecule has 4 nitrogen and oxygen atoms in total. The summed E-state index contributed by atoms with van der Waals surface area (Å²) < 4.78 is 0. The van der Waals surface area contributed by atoms with E-state index in [1.165, 1.54) is 9.75 Å². The number of nitrogens with one attached hydrogen (secondary N) is 2. The predicted molar refractivity (Wildman–Crippen MR) is 94.3 cm³/mol. The highest BCUT2D eigenvalue weighted by Crippen LogP contribution is 2.16. The van der Waals surface area contributed by atoms with E-state index < -0.39 is 0 Å². The smallest absolute Gasteiger partial charge is 0.191 e. The Balaban J connectivity index is 2.38. The van der Waals surface area contributed by atoms with E-state index in [1.807, 2.05) is 18.4 Å². The largest absolute Gasteiger partial charge is 0.355 e. The van der Waals surface area contributed by atoms with Gasteiger partial charge in [0.05, 0.1) is 6.54 Å². The first-order chi connectivity index (χ1) is 10.1. The fraction of sp³-hybridized carbons (Fsp3) is 0.688. The Labute approximate surface area is 133 Å². The molecule has 0 saturated heterocycles. The Hall–Kier alpha value is -1.07. The van der Waals surface area contributed by atoms with Crippen LogP contribution in [0.4, 0.5) is 0 Å². The van der Waals surface area contributed by atoms with Crippen LogP contribution in [0.25, 0.3) is 0 Å². The maximum Gasteiger partial charge on any atom is 0.191 e. The Morgan fingerprint density at radius 3 is 2.38 bits per heavy atom. The van der Waals surface area contributed by atoms with E-state index in [2.05, 4.69) is 60.4 Å². The molecular weight excluding hydrogens is 280 g/mol. The number of rotatable bonds is 8. The number of nitrogens with zero attached hydrogens (tertiary/aromatic N) is 2. The number of aliphatic imine (C=N–C) groups is 1. The van der Waals surface area contributed by atoms with Crippen LogP contribution in [0.15, 0.2) is 17.1 Å². The minimum absolute atomic E-state index is 0.506. The Bertz CT molecular complexity index is 424. The zero-order valence-electron chi connectivity index (χ0n) is 14.1. The molecule has 0 radical (unpaired) electrons. The third-order valence-electron chi connectivity index (χ3n) is 3.72. The lowest BCUT2D eigenvalue weighted by molar-refractivity contribution is 0.231. The summed E-state index contributed by atoms with van der Waals surface area (Å²) in [6.45, 7) is 12.8. The van der Waals surface area contributed by atoms with Gasteiger partial charge in [0.2, 0.25) is 0 Å². The maximum atomic E-state index is 4.29. The number of hydrogen-bond donors (Lipinski definition) is 2. The predicted octanol–water partition coefficient (Wildman–Crippen LogP) is 2.71. The van der Waals surface area contributed by atoms with Gasteiger partial charge in [0.1, 0.15) is 0 Å². The van der Waals surface area contributed by atoms with Crippen LogP contribution in [-0.4, -0.2) is 43.6 Å². The summed E-state index contributed by atoms with van der Waals surface area (Å²) in [5.41, 5.74) is 0. The number of likely N-dealkylation sites (N-methyl/N-ethyl adjacent to an activating group) is 1. The fourth-order valence-electron chi connectivity index (χ4n) is 2.32. The highest BCUT2D eigenvalue weighted by atomic mass is 32.1. The number of guanidine groups is 1. The quantitative estimate of drug-likeness (QED) is 0.573. The van der Waals surface area contributed by atoms with Crippen LogP contribution in [0.3, 0.4) is 0 Å². The van der Waals surface area contributed by atoms with E-state index in [9.17, 15) is 0 Å². The van der Waals surface area contributed by atoms with Gasteiger partial charge in [-0.3, -0.25) is 9.89 Å². The first kappa shape index (κ1) is 18.0. The van der Waals surface area contributed by atoms with Crippen LogP contribution < -0.4 is 10.6 Å². The van der Waals surface area contributed by atoms with Crippen molar-refractivity contribution in [3.8, 4) is 0 Å². The van der Waals surface area contributed by atoms with E-state index in [0.717, 1.165) is 38.6 Å². The molecule has 5 heteroatoms. The third-order valence-corrected chi connectivity index (χ3v) is 4.95. The molecule has 0 bridgehead atoms. The Morgan fingerprint density at radius 1 is 1.19 bits per heavy atom. The monoisotopic (exact) mass is 310 g/mol. The van der Waals surface area contributed by atoms with Crippen LogP contribution in [0, 0.1) is 0 Å². The first-order valence-corrected chi connectivity index (χ1v) is 8.72. The molecule has 1 aromatic heterocycles. The molecule has 0 spiro atoms. The summed E-state index contributed by atoms with van der Waals surface area (Å²) in [6, 6.07) is 4.91. The third kappa shape index (κ3) is 6.06. The lowest BCUT2D eigenvalue weighted by Gasteiger charge is -2.27. The summed E-state index contributed by atoms with van der Waals surface area (Å²) in [6.07, 6.45) is 1.11. The molecule has 120 valence electrons. The van der Waals surface area contributed by atoms with Crippen molar-refractivity contribution in [3.05, 3.63) is 21.9 Å². The molecule has 0 aliphatic rings. The van der Waals surface area contributed by atoms with E-state index >= 15 is 0 Å². The summed E-state index contributed by atoms with van der Waals surface area (Å²) >= 11 is 1.87. The van der Waals surface area contributed by atoms with Crippen molar-refractivity contribution < 1.29 is 0 Å². The fourth-order valence-corrected chi connectivity index (χ4v) is 3.22. The van der Waals surface area contributed by atoms with Crippen LogP contribution in [-0.2, 0) is 13.0 Å². The van der Waals surface area contributed by atoms with E-state index in [1.54, 1.807) is 0 Å². The molecule has 1 atom stereocenters. The van der Waals surface area contributed by atoms with Crippen molar-refractivity contribution in [2.45, 2.75) is 46.7 Å². The van der Waals surface area contributed by atoms with Gasteiger partial charge in [0, 0.05) is 29.4 Å². The van der Waals surface area contributed by atoms with Gasteiger partial charge in [-0.2, -0.15) is 0 Å². The van der Waals surface area contributed by atoms with Gasteiger partial charge in [-0.1, -0.05) is 20.8 Å². The van der Waals surface area contributed by atoms with E-state index in [0.29, 0.717) is 6.04 Å². The highest BCUT2D eigenvalue weighted by Gasteiger charge is 2.10. The summed E-state index contributed by atoms with van der Waals surface area (Å²) in [5.74, 6) is 0.875. The van der Waals surface area contributed by atoms with Gasteiger partial charge >= 0.3 is 0 Å². The van der Waals surface area contributed by atoms with Gasteiger partial charge in [0.25, 0.3) is 0 Å². The van der Waals surface area contributed by atoms with Gasteiger partial charge < -0.3 is 10.6 Å². The molecule has 1 heterocycles. The minimum atomic E-state index is 0.506. The minimum Gasteiger partial charge on any atom is -0.355 e. The molecule has 1 unspecified atom stereocenters. The zero-order chi connectivity index (χ0) is 15.7. The molecule has 0 amide bonds.